The van der Waals surface area contributed by atoms with Gasteiger partial charge in [0, 0.05) is 38.5 Å². The fourth-order valence-corrected chi connectivity index (χ4v) is 6.53. The van der Waals surface area contributed by atoms with E-state index in [0.29, 0.717) is 51.7 Å². The van der Waals surface area contributed by atoms with Gasteiger partial charge in [0.2, 0.25) is 0 Å². The molecule has 0 aliphatic rings. The molecule has 0 amide bonds. The third-order valence-corrected chi connectivity index (χ3v) is 10.4. The van der Waals surface area contributed by atoms with Crippen molar-refractivity contribution in [2.75, 3.05) is 19.8 Å². The van der Waals surface area contributed by atoms with Crippen LogP contribution in [-0.4, -0.2) is 82.2 Å². The molecule has 0 aromatic heterocycles. The molecule has 0 atom stereocenters. The molecule has 0 unspecified atom stereocenters. The van der Waals surface area contributed by atoms with Gasteiger partial charge in [-0.1, -0.05) is 154 Å². The second-order valence-corrected chi connectivity index (χ2v) is 20.2. The minimum Gasteiger partial charge on any atom is -0.481 e. The molecular formula is C59H108O13. The van der Waals surface area contributed by atoms with E-state index in [2.05, 4.69) is 39.0 Å². The molecule has 0 aromatic rings. The molecular weight excluding hydrogens is 917 g/mol. The number of aliphatic carboxylic acids is 2. The van der Waals surface area contributed by atoms with Gasteiger partial charge in [-0.15, -0.1) is 0 Å². The van der Waals surface area contributed by atoms with Crippen molar-refractivity contribution in [3.05, 3.63) is 36.5 Å². The number of allylic oxidation sites excluding steroid dienone is 3. The molecule has 13 nitrogen and oxygen atoms in total. The smallest absolute Gasteiger partial charge is 0.306 e. The van der Waals surface area contributed by atoms with Crippen LogP contribution in [-0.2, 0) is 47.7 Å². The standard InChI is InChI=1S/C21H38O4.C17H30O4.C12H22O4.C9H18O/c1-5-6-7-8-9-12-15-18-24-19(22)16-13-10-11-14-17-20(23)25-21(2,3)4;1-2-3-4-5-6-9-12-15-21-17(20)14-11-8-7-10-13-16(18)19;1-12(2,3)16-11(15)9-7-5-4-6-8-10(13)14;1-2-3-4-5-6-7-8-9-10/h12,15H,5-11,13-14,16-18H2,1-4H3;9,12H,2-8,10-11,13-15H2,1H3,(H,18,19);4-9H2,1-3H3,(H,13,14);7-8,10H,2-6,9H2,1H3/b15-12-;12-9-;;8-7-. The van der Waals surface area contributed by atoms with Crippen molar-refractivity contribution in [3.8, 4) is 0 Å². The van der Waals surface area contributed by atoms with Crippen LogP contribution in [0.15, 0.2) is 36.5 Å². The van der Waals surface area contributed by atoms with Crippen LogP contribution < -0.4 is 0 Å². The highest BCUT2D eigenvalue weighted by Gasteiger charge is 2.16. The van der Waals surface area contributed by atoms with E-state index in [4.69, 9.17) is 34.3 Å². The first-order chi connectivity index (χ1) is 34.2. The largest absolute Gasteiger partial charge is 0.481 e. The highest BCUT2D eigenvalue weighted by molar-refractivity contribution is 5.71. The number of rotatable bonds is 41. The van der Waals surface area contributed by atoms with Gasteiger partial charge in [-0.25, -0.2) is 0 Å². The summed E-state index contributed by atoms with van der Waals surface area (Å²) in [5, 5.41) is 25.3. The fourth-order valence-electron chi connectivity index (χ4n) is 6.53. The van der Waals surface area contributed by atoms with Gasteiger partial charge >= 0.3 is 35.8 Å². The maximum absolute atomic E-state index is 11.6. The van der Waals surface area contributed by atoms with Gasteiger partial charge < -0.3 is 34.3 Å². The summed E-state index contributed by atoms with van der Waals surface area (Å²) in [6.45, 7) is 18.7. The third-order valence-electron chi connectivity index (χ3n) is 10.4. The average Bonchev–Trinajstić information content (AvgIpc) is 3.29. The SMILES string of the molecule is CC(C)(C)OC(=O)CCCCCCC(=O)O.CCCCCC/C=C\CO.CCCCCC/C=C\COC(=O)CCCCCCC(=O)O.CCCCCC/C=C\COC(=O)CCCCCCC(=O)OC(C)(C)C. The topological polar surface area (TPSA) is 200 Å². The Morgan fingerprint density at radius 3 is 0.875 bits per heavy atom. The van der Waals surface area contributed by atoms with Crippen molar-refractivity contribution in [1.29, 1.82) is 0 Å². The predicted molar refractivity (Wildman–Crippen MR) is 293 cm³/mol. The summed E-state index contributed by atoms with van der Waals surface area (Å²) in [6.07, 6.45) is 42.5. The van der Waals surface area contributed by atoms with Crippen LogP contribution in [0.3, 0.4) is 0 Å². The Kier molecular flexibility index (Phi) is 58.3. The number of hydrogen-bond donors (Lipinski definition) is 3. The maximum atomic E-state index is 11.6. The van der Waals surface area contributed by atoms with Crippen LogP contribution in [0.5, 0.6) is 0 Å². The molecule has 0 spiro atoms. The zero-order valence-corrected chi connectivity index (χ0v) is 47.3. The zero-order valence-electron chi connectivity index (χ0n) is 47.3. The Labute approximate surface area is 439 Å². The van der Waals surface area contributed by atoms with Crippen molar-refractivity contribution >= 4 is 35.8 Å². The van der Waals surface area contributed by atoms with E-state index in [9.17, 15) is 28.8 Å². The monoisotopic (exact) mass is 1020 g/mol. The molecule has 0 rings (SSSR count). The number of hydrogen-bond acceptors (Lipinski definition) is 11. The Balaban J connectivity index is -0.000000447. The molecule has 0 bridgehead atoms. The predicted octanol–water partition coefficient (Wildman–Crippen LogP) is 15.5. The summed E-state index contributed by atoms with van der Waals surface area (Å²) in [6, 6.07) is 0. The van der Waals surface area contributed by atoms with Crippen LogP contribution in [0, 0.1) is 0 Å². The zero-order chi connectivity index (χ0) is 55.0. The summed E-state index contributed by atoms with van der Waals surface area (Å²) in [7, 11) is 0. The fraction of sp³-hybridized carbons (Fsp3) is 0.797. The average molecular weight is 1030 g/mol. The lowest BCUT2D eigenvalue weighted by Gasteiger charge is -2.19. The lowest BCUT2D eigenvalue weighted by atomic mass is 10.1. The van der Waals surface area contributed by atoms with Gasteiger partial charge in [0.15, 0.2) is 0 Å². The van der Waals surface area contributed by atoms with Gasteiger partial charge in [0.25, 0.3) is 0 Å². The first-order valence-corrected chi connectivity index (χ1v) is 28.0. The highest BCUT2D eigenvalue weighted by Crippen LogP contribution is 2.14. The number of carboxylic acid groups (broad SMARTS) is 2. The maximum Gasteiger partial charge on any atom is 0.306 e. The highest BCUT2D eigenvalue weighted by atomic mass is 16.6. The van der Waals surface area contributed by atoms with E-state index in [-0.39, 0.29) is 43.3 Å². The summed E-state index contributed by atoms with van der Waals surface area (Å²) in [5.74, 6) is -2.13. The number of carbonyl (C=O) groups excluding carboxylic acids is 4. The first kappa shape index (κ1) is 74.5. The molecule has 0 saturated carbocycles. The van der Waals surface area contributed by atoms with Gasteiger partial charge in [0.05, 0.1) is 6.61 Å². The van der Waals surface area contributed by atoms with Gasteiger partial charge in [0.1, 0.15) is 24.4 Å². The molecule has 3 N–H and O–H groups in total. The number of unbranched alkanes of at least 4 members (excludes halogenated alkanes) is 21. The molecule has 13 heteroatoms. The molecule has 422 valence electrons. The van der Waals surface area contributed by atoms with E-state index in [1.54, 1.807) is 0 Å². The number of aliphatic hydroxyl groups excluding tert-OH is 1. The van der Waals surface area contributed by atoms with Crippen molar-refractivity contribution in [2.45, 2.75) is 285 Å². The second kappa shape index (κ2) is 56.3. The van der Waals surface area contributed by atoms with E-state index in [1.165, 1.54) is 77.0 Å². The minimum atomic E-state index is -0.757. The lowest BCUT2D eigenvalue weighted by molar-refractivity contribution is -0.156. The van der Waals surface area contributed by atoms with Gasteiger partial charge in [-0.05, 0) is 119 Å². The first-order valence-electron chi connectivity index (χ1n) is 28.0. The molecule has 0 saturated heterocycles. The number of esters is 4. The Bertz CT molecular complexity index is 1370. The van der Waals surface area contributed by atoms with E-state index < -0.39 is 23.1 Å². The van der Waals surface area contributed by atoms with Crippen LogP contribution in [0.1, 0.15) is 274 Å². The molecule has 0 aliphatic heterocycles. The number of carboxylic acids is 2. The van der Waals surface area contributed by atoms with Gasteiger partial charge in [-0.3, -0.25) is 28.8 Å². The molecule has 0 fully saturated rings. The summed E-state index contributed by atoms with van der Waals surface area (Å²) in [4.78, 5) is 66.3. The van der Waals surface area contributed by atoms with Crippen molar-refractivity contribution in [1.82, 2.24) is 0 Å². The quantitative estimate of drug-likeness (QED) is 0.0226. The summed E-state index contributed by atoms with van der Waals surface area (Å²) >= 11 is 0. The van der Waals surface area contributed by atoms with Crippen LogP contribution in [0.4, 0.5) is 0 Å². The molecule has 0 aliphatic carbocycles. The van der Waals surface area contributed by atoms with Crippen molar-refractivity contribution < 1.29 is 63.0 Å². The van der Waals surface area contributed by atoms with E-state index in [0.717, 1.165) is 83.5 Å². The van der Waals surface area contributed by atoms with Crippen LogP contribution >= 0.6 is 0 Å². The normalized spacial score (nSPS) is 11.2. The lowest BCUT2D eigenvalue weighted by Crippen LogP contribution is -2.23. The Morgan fingerprint density at radius 1 is 0.347 bits per heavy atom. The molecule has 72 heavy (non-hydrogen) atoms. The third kappa shape index (κ3) is 77.5. The van der Waals surface area contributed by atoms with Crippen LogP contribution in [0.2, 0.25) is 0 Å². The van der Waals surface area contributed by atoms with Gasteiger partial charge in [-0.2, -0.15) is 0 Å². The number of aliphatic hydroxyl groups is 1. The summed E-state index contributed by atoms with van der Waals surface area (Å²) < 4.78 is 20.7. The second-order valence-electron chi connectivity index (χ2n) is 20.2. The number of ether oxygens (including phenoxy) is 4. The van der Waals surface area contributed by atoms with E-state index >= 15 is 0 Å². The molecule has 0 aromatic carbocycles. The van der Waals surface area contributed by atoms with Crippen molar-refractivity contribution in [3.63, 3.8) is 0 Å². The summed E-state index contributed by atoms with van der Waals surface area (Å²) in [5.41, 5.74) is -0.828. The number of carbonyl (C=O) groups is 6. The Hall–Kier alpha value is -4.00. The minimum absolute atomic E-state index is 0.136. The van der Waals surface area contributed by atoms with Crippen molar-refractivity contribution in [2.24, 2.45) is 0 Å². The molecule has 0 heterocycles. The molecule has 0 radical (unpaired) electrons. The van der Waals surface area contributed by atoms with Crippen LogP contribution in [0.25, 0.3) is 0 Å². The van der Waals surface area contributed by atoms with E-state index in [1.807, 2.05) is 59.8 Å². The Morgan fingerprint density at radius 2 is 0.611 bits per heavy atom.